The van der Waals surface area contributed by atoms with E-state index in [9.17, 15) is 8.42 Å². The minimum Gasteiger partial charge on any atom is -0.383 e. The van der Waals surface area contributed by atoms with Crippen LogP contribution in [0.2, 0.25) is 0 Å². The normalized spacial score (nSPS) is 25.1. The molecule has 1 aliphatic carbocycles. The second kappa shape index (κ2) is 8.59. The topological polar surface area (TPSA) is 61.9 Å². The van der Waals surface area contributed by atoms with Gasteiger partial charge >= 0.3 is 0 Å². The monoisotopic (exact) mass is 333 g/mol. The summed E-state index contributed by atoms with van der Waals surface area (Å²) in [5, 5.41) is 0. The first-order valence-electron chi connectivity index (χ1n) is 8.50. The van der Waals surface area contributed by atoms with Crippen molar-refractivity contribution in [3.05, 3.63) is 0 Å². The highest BCUT2D eigenvalue weighted by Crippen LogP contribution is 2.23. The summed E-state index contributed by atoms with van der Waals surface area (Å²) in [5.74, 6) is 0. The van der Waals surface area contributed by atoms with Crippen LogP contribution in [0.1, 0.15) is 44.9 Å². The van der Waals surface area contributed by atoms with Gasteiger partial charge in [0.05, 0.1) is 6.61 Å². The van der Waals surface area contributed by atoms with E-state index in [-0.39, 0.29) is 6.04 Å². The summed E-state index contributed by atoms with van der Waals surface area (Å²) >= 11 is 0. The van der Waals surface area contributed by atoms with Crippen molar-refractivity contribution in [3.8, 4) is 0 Å². The van der Waals surface area contributed by atoms with E-state index in [2.05, 4.69) is 9.62 Å². The summed E-state index contributed by atoms with van der Waals surface area (Å²) in [6.45, 7) is 3.11. The van der Waals surface area contributed by atoms with Crippen molar-refractivity contribution in [2.75, 3.05) is 40.4 Å². The fourth-order valence-electron chi connectivity index (χ4n) is 3.57. The van der Waals surface area contributed by atoms with Crippen molar-refractivity contribution in [2.45, 2.75) is 57.0 Å². The largest absolute Gasteiger partial charge is 0.383 e. The average Bonchev–Trinajstić information content (AvgIpc) is 2.98. The summed E-state index contributed by atoms with van der Waals surface area (Å²) in [7, 11) is 0.0533. The quantitative estimate of drug-likeness (QED) is 0.725. The molecule has 1 N–H and O–H groups in total. The van der Waals surface area contributed by atoms with Crippen LogP contribution in [0.25, 0.3) is 0 Å². The number of hydrogen-bond acceptors (Lipinski definition) is 4. The highest BCUT2D eigenvalue weighted by atomic mass is 32.2. The third-order valence-electron chi connectivity index (χ3n) is 5.05. The predicted octanol–water partition coefficient (Wildman–Crippen LogP) is 1.20. The second-order valence-corrected chi connectivity index (χ2v) is 8.30. The van der Waals surface area contributed by atoms with Crippen LogP contribution < -0.4 is 4.72 Å². The molecule has 1 saturated heterocycles. The lowest BCUT2D eigenvalue weighted by Crippen LogP contribution is -2.48. The second-order valence-electron chi connectivity index (χ2n) is 6.49. The molecule has 2 aliphatic rings. The van der Waals surface area contributed by atoms with Crippen LogP contribution in [0.15, 0.2) is 0 Å². The third kappa shape index (κ3) is 4.89. The standard InChI is InChI=1S/C15H31N3O3S/c1-17(14-7-4-3-5-8-14)22(19,20)16-13-15-9-6-10-18(15)11-12-21-2/h14-16H,3-13H2,1-2H3/t15-/m1/s1. The van der Waals surface area contributed by atoms with Gasteiger partial charge < -0.3 is 4.74 Å². The Morgan fingerprint density at radius 2 is 1.91 bits per heavy atom. The molecule has 0 spiro atoms. The van der Waals surface area contributed by atoms with Crippen molar-refractivity contribution >= 4 is 10.2 Å². The van der Waals surface area contributed by atoms with Gasteiger partial charge in [-0.05, 0) is 32.2 Å². The smallest absolute Gasteiger partial charge is 0.279 e. The van der Waals surface area contributed by atoms with Gasteiger partial charge in [-0.3, -0.25) is 4.90 Å². The Hall–Kier alpha value is -0.210. The summed E-state index contributed by atoms with van der Waals surface area (Å²) in [5.41, 5.74) is 0. The Balaban J connectivity index is 1.83. The lowest BCUT2D eigenvalue weighted by Gasteiger charge is -2.31. The molecule has 0 aromatic rings. The van der Waals surface area contributed by atoms with Gasteiger partial charge in [-0.15, -0.1) is 0 Å². The lowest BCUT2D eigenvalue weighted by atomic mass is 9.96. The predicted molar refractivity (Wildman–Crippen MR) is 88.0 cm³/mol. The van der Waals surface area contributed by atoms with Gasteiger partial charge in [0.2, 0.25) is 0 Å². The number of hydrogen-bond donors (Lipinski definition) is 1. The van der Waals surface area contributed by atoms with Crippen molar-refractivity contribution in [1.29, 1.82) is 0 Å². The van der Waals surface area contributed by atoms with Crippen molar-refractivity contribution in [3.63, 3.8) is 0 Å². The maximum Gasteiger partial charge on any atom is 0.279 e. The van der Waals surface area contributed by atoms with E-state index < -0.39 is 10.2 Å². The molecule has 22 heavy (non-hydrogen) atoms. The molecule has 0 bridgehead atoms. The fraction of sp³-hybridized carbons (Fsp3) is 1.00. The molecular weight excluding hydrogens is 302 g/mol. The minimum atomic E-state index is -3.37. The van der Waals surface area contributed by atoms with Crippen LogP contribution in [0.4, 0.5) is 0 Å². The number of methoxy groups -OCH3 is 1. The van der Waals surface area contributed by atoms with Gasteiger partial charge in [-0.25, -0.2) is 4.72 Å². The zero-order chi connectivity index (χ0) is 16.0. The zero-order valence-electron chi connectivity index (χ0n) is 14.0. The molecule has 6 nitrogen and oxygen atoms in total. The molecule has 1 aliphatic heterocycles. The lowest BCUT2D eigenvalue weighted by molar-refractivity contribution is 0.141. The van der Waals surface area contributed by atoms with E-state index in [4.69, 9.17) is 4.74 Å². The zero-order valence-corrected chi connectivity index (χ0v) is 14.8. The number of ether oxygens (including phenoxy) is 1. The van der Waals surface area contributed by atoms with Gasteiger partial charge in [0.15, 0.2) is 0 Å². The first-order valence-corrected chi connectivity index (χ1v) is 9.94. The molecule has 0 aromatic heterocycles. The summed E-state index contributed by atoms with van der Waals surface area (Å²) in [6, 6.07) is 0.462. The van der Waals surface area contributed by atoms with Crippen LogP contribution in [0, 0.1) is 0 Å². The van der Waals surface area contributed by atoms with Crippen LogP contribution in [-0.2, 0) is 14.9 Å². The molecule has 2 fully saturated rings. The number of likely N-dealkylation sites (tertiary alicyclic amines) is 1. The molecule has 1 atom stereocenters. The molecule has 7 heteroatoms. The van der Waals surface area contributed by atoms with Crippen LogP contribution >= 0.6 is 0 Å². The fourth-order valence-corrected chi connectivity index (χ4v) is 4.78. The van der Waals surface area contributed by atoms with Crippen molar-refractivity contribution in [1.82, 2.24) is 13.9 Å². The molecule has 130 valence electrons. The summed E-state index contributed by atoms with van der Waals surface area (Å²) < 4.78 is 34.5. The Morgan fingerprint density at radius 1 is 1.18 bits per heavy atom. The van der Waals surface area contributed by atoms with E-state index in [0.717, 1.165) is 51.6 Å². The van der Waals surface area contributed by atoms with E-state index in [0.29, 0.717) is 19.2 Å². The maximum absolute atomic E-state index is 12.5. The Morgan fingerprint density at radius 3 is 2.59 bits per heavy atom. The SMILES string of the molecule is COCCN1CCC[C@@H]1CNS(=O)(=O)N(C)C1CCCCC1. The highest BCUT2D eigenvalue weighted by Gasteiger charge is 2.30. The van der Waals surface area contributed by atoms with Gasteiger partial charge in [-0.2, -0.15) is 12.7 Å². The van der Waals surface area contributed by atoms with Crippen molar-refractivity contribution < 1.29 is 13.2 Å². The molecule has 0 amide bonds. The minimum absolute atomic E-state index is 0.166. The Bertz CT molecular complexity index is 424. The number of nitrogens with zero attached hydrogens (tertiary/aromatic N) is 2. The Kier molecular flexibility index (Phi) is 7.08. The molecular formula is C15H31N3O3S. The van der Waals surface area contributed by atoms with Crippen LogP contribution in [-0.4, -0.2) is 70.1 Å². The maximum atomic E-state index is 12.5. The van der Waals surface area contributed by atoms with Gasteiger partial charge in [0, 0.05) is 39.3 Å². The first kappa shape index (κ1) is 18.1. The van der Waals surface area contributed by atoms with Gasteiger partial charge in [0.1, 0.15) is 0 Å². The molecule has 0 unspecified atom stereocenters. The average molecular weight is 333 g/mol. The van der Waals surface area contributed by atoms with E-state index >= 15 is 0 Å². The first-order chi connectivity index (χ1) is 10.5. The molecule has 1 saturated carbocycles. The van der Waals surface area contributed by atoms with E-state index in [1.165, 1.54) is 6.42 Å². The molecule has 2 rings (SSSR count). The molecule has 1 heterocycles. The van der Waals surface area contributed by atoms with Crippen LogP contribution in [0.5, 0.6) is 0 Å². The van der Waals surface area contributed by atoms with Crippen molar-refractivity contribution in [2.24, 2.45) is 0 Å². The highest BCUT2D eigenvalue weighted by molar-refractivity contribution is 7.87. The summed E-state index contributed by atoms with van der Waals surface area (Å²) in [4.78, 5) is 2.33. The number of rotatable bonds is 8. The van der Waals surface area contributed by atoms with E-state index in [1.807, 2.05) is 0 Å². The van der Waals surface area contributed by atoms with Crippen LogP contribution in [0.3, 0.4) is 0 Å². The van der Waals surface area contributed by atoms with Gasteiger partial charge in [0.25, 0.3) is 10.2 Å². The number of nitrogens with one attached hydrogen (secondary N) is 1. The Labute approximate surface area is 135 Å². The molecule has 0 aromatic carbocycles. The van der Waals surface area contributed by atoms with Gasteiger partial charge in [-0.1, -0.05) is 19.3 Å². The molecule has 0 radical (unpaired) electrons. The summed E-state index contributed by atoms with van der Waals surface area (Å²) in [6.07, 6.45) is 7.67. The third-order valence-corrected chi connectivity index (χ3v) is 6.64. The van der Waals surface area contributed by atoms with E-state index in [1.54, 1.807) is 18.5 Å².